The molecular weight excluding hydrogens is 635 g/mol. The number of unbranched alkanes of at least 4 members (excludes halogenated alkanes) is 18. The third-order valence-corrected chi connectivity index (χ3v) is 9.54. The van der Waals surface area contributed by atoms with Crippen molar-refractivity contribution in [3.8, 4) is 0 Å². The number of allylic oxidation sites excluding steroid dienone is 5. The Morgan fingerprint density at radius 3 is 1.67 bits per heavy atom. The Labute approximate surface area is 302 Å². The lowest BCUT2D eigenvalue weighted by molar-refractivity contribution is -0.870. The Morgan fingerprint density at radius 1 is 0.694 bits per heavy atom. The predicted molar refractivity (Wildman–Crippen MR) is 205 cm³/mol. The molecule has 0 aromatic heterocycles. The molecule has 0 fully saturated rings. The van der Waals surface area contributed by atoms with Crippen LogP contribution in [0.5, 0.6) is 0 Å². The number of aliphatic hydroxyl groups excluding tert-OH is 1. The summed E-state index contributed by atoms with van der Waals surface area (Å²) < 4.78 is 23.0. The van der Waals surface area contributed by atoms with Crippen LogP contribution in [0.25, 0.3) is 0 Å². The number of likely N-dealkylation sites (N-methyl/N-ethyl adjacent to an activating group) is 1. The summed E-state index contributed by atoms with van der Waals surface area (Å²) in [6, 6.07) is -0.901. The number of aliphatic hydroxyl groups is 1. The molecule has 0 aliphatic carbocycles. The van der Waals surface area contributed by atoms with Gasteiger partial charge >= 0.3 is 0 Å². The van der Waals surface area contributed by atoms with Gasteiger partial charge < -0.3 is 28.8 Å². The lowest BCUT2D eigenvalue weighted by atomic mass is 10.1. The molecule has 0 aliphatic heterocycles. The topological polar surface area (TPSA) is 108 Å². The lowest BCUT2D eigenvalue weighted by Crippen LogP contribution is -2.45. The van der Waals surface area contributed by atoms with Crippen LogP contribution in [0, 0.1) is 0 Å². The molecule has 0 saturated carbocycles. The van der Waals surface area contributed by atoms with Crippen molar-refractivity contribution in [3.05, 3.63) is 36.5 Å². The number of phosphoric ester groups is 1. The molecule has 9 heteroatoms. The standard InChI is InChI=1S/C40H77N2O6P/c1-6-8-10-12-14-16-18-19-20-21-22-23-24-26-28-30-32-34-40(44)41-38(37-48-49(45,46)47-36-35-42(3,4)5)39(43)33-31-29-27-25-17-15-13-11-9-7-2/h17,19-20,25,31,33,38-39,43H,6-16,18,21-24,26-30,32,34-37H2,1-5H3,(H-,41,44,45,46)/b20-19+,25-17+,33-31+/t38-,39+/m0/s1. The van der Waals surface area contributed by atoms with Gasteiger partial charge in [0, 0.05) is 6.42 Å². The second-order valence-corrected chi connectivity index (χ2v) is 16.0. The van der Waals surface area contributed by atoms with Gasteiger partial charge in [0.05, 0.1) is 39.9 Å². The highest BCUT2D eigenvalue weighted by molar-refractivity contribution is 7.45. The lowest BCUT2D eigenvalue weighted by Gasteiger charge is -2.29. The summed E-state index contributed by atoms with van der Waals surface area (Å²) in [6.45, 7) is 4.56. The molecule has 0 spiro atoms. The molecule has 0 rings (SSSR count). The van der Waals surface area contributed by atoms with Crippen molar-refractivity contribution >= 4 is 13.7 Å². The van der Waals surface area contributed by atoms with E-state index in [2.05, 4.69) is 43.5 Å². The zero-order chi connectivity index (χ0) is 36.5. The van der Waals surface area contributed by atoms with Crippen LogP contribution in [0.3, 0.4) is 0 Å². The smallest absolute Gasteiger partial charge is 0.268 e. The maximum atomic E-state index is 12.8. The first-order chi connectivity index (χ1) is 23.5. The summed E-state index contributed by atoms with van der Waals surface area (Å²) in [5.74, 6) is -0.216. The molecule has 0 aliphatic rings. The number of carbonyl (C=O) groups is 1. The maximum Gasteiger partial charge on any atom is 0.268 e. The van der Waals surface area contributed by atoms with Crippen LogP contribution in [0.15, 0.2) is 36.5 Å². The van der Waals surface area contributed by atoms with Gasteiger partial charge in [-0.2, -0.15) is 0 Å². The number of rotatable bonds is 35. The molecule has 0 bridgehead atoms. The highest BCUT2D eigenvalue weighted by atomic mass is 31.2. The van der Waals surface area contributed by atoms with Crippen molar-refractivity contribution < 1.29 is 32.9 Å². The van der Waals surface area contributed by atoms with Gasteiger partial charge in [0.15, 0.2) is 0 Å². The second-order valence-electron chi connectivity index (χ2n) is 14.6. The van der Waals surface area contributed by atoms with Gasteiger partial charge in [-0.1, -0.05) is 134 Å². The number of amides is 1. The van der Waals surface area contributed by atoms with Crippen LogP contribution in [0.1, 0.15) is 162 Å². The van der Waals surface area contributed by atoms with Gasteiger partial charge in [-0.3, -0.25) is 9.36 Å². The summed E-state index contributed by atoms with van der Waals surface area (Å²) in [5, 5.41) is 13.6. The molecule has 1 unspecified atom stereocenters. The summed E-state index contributed by atoms with van der Waals surface area (Å²) >= 11 is 0. The van der Waals surface area contributed by atoms with E-state index in [1.807, 2.05) is 27.2 Å². The summed E-state index contributed by atoms with van der Waals surface area (Å²) in [7, 11) is 1.23. The van der Waals surface area contributed by atoms with Crippen molar-refractivity contribution in [1.82, 2.24) is 5.32 Å². The normalized spacial score (nSPS) is 15.0. The molecule has 3 atom stereocenters. The quantitative estimate of drug-likeness (QED) is 0.0293. The third-order valence-electron chi connectivity index (χ3n) is 8.57. The Kier molecular flexibility index (Phi) is 31.8. The third kappa shape index (κ3) is 34.9. The minimum atomic E-state index is -4.59. The Balaban J connectivity index is 4.47. The number of hydrogen-bond acceptors (Lipinski definition) is 6. The van der Waals surface area contributed by atoms with Gasteiger partial charge in [0.2, 0.25) is 5.91 Å². The van der Waals surface area contributed by atoms with E-state index in [0.29, 0.717) is 17.4 Å². The Hall–Kier alpha value is -1.28. The van der Waals surface area contributed by atoms with E-state index < -0.39 is 26.6 Å². The summed E-state index contributed by atoms with van der Waals surface area (Å²) in [4.78, 5) is 25.1. The van der Waals surface area contributed by atoms with Crippen LogP contribution in [0.2, 0.25) is 0 Å². The van der Waals surface area contributed by atoms with E-state index >= 15 is 0 Å². The van der Waals surface area contributed by atoms with Crippen LogP contribution in [0.4, 0.5) is 0 Å². The molecule has 8 nitrogen and oxygen atoms in total. The first-order valence-corrected chi connectivity index (χ1v) is 21.3. The molecular formula is C40H77N2O6P. The minimum absolute atomic E-state index is 0.00770. The van der Waals surface area contributed by atoms with Gasteiger partial charge in [0.25, 0.3) is 7.82 Å². The van der Waals surface area contributed by atoms with E-state index in [4.69, 9.17) is 9.05 Å². The van der Waals surface area contributed by atoms with E-state index in [-0.39, 0.29) is 12.5 Å². The van der Waals surface area contributed by atoms with E-state index in [0.717, 1.165) is 38.5 Å². The SMILES string of the molecule is CCCCCC/C=C/CC/C=C/[C@@H](O)[C@H](COP(=O)([O-])OCC[N+](C)(C)C)NC(=O)CCCCCCCCC/C=C/CCCCCCCC. The Morgan fingerprint density at radius 2 is 1.14 bits per heavy atom. The van der Waals surface area contributed by atoms with Crippen molar-refractivity contribution in [2.75, 3.05) is 40.9 Å². The summed E-state index contributed by atoms with van der Waals surface area (Å²) in [6.07, 6.45) is 37.6. The van der Waals surface area contributed by atoms with Crippen LogP contribution in [-0.2, 0) is 18.4 Å². The highest BCUT2D eigenvalue weighted by Crippen LogP contribution is 2.38. The zero-order valence-corrected chi connectivity index (χ0v) is 33.3. The Bertz CT molecular complexity index is 902. The first-order valence-electron chi connectivity index (χ1n) is 19.9. The average Bonchev–Trinajstić information content (AvgIpc) is 3.04. The van der Waals surface area contributed by atoms with Gasteiger partial charge in [0.1, 0.15) is 13.2 Å². The molecule has 49 heavy (non-hydrogen) atoms. The molecule has 0 aromatic carbocycles. The highest BCUT2D eigenvalue weighted by Gasteiger charge is 2.23. The van der Waals surface area contributed by atoms with Gasteiger partial charge in [-0.05, 0) is 57.8 Å². The molecule has 0 heterocycles. The second kappa shape index (κ2) is 32.6. The maximum absolute atomic E-state index is 12.8. The largest absolute Gasteiger partial charge is 0.756 e. The number of phosphoric acid groups is 1. The molecule has 0 radical (unpaired) electrons. The van der Waals surface area contributed by atoms with Crippen molar-refractivity contribution in [1.29, 1.82) is 0 Å². The van der Waals surface area contributed by atoms with Gasteiger partial charge in [-0.25, -0.2) is 0 Å². The number of nitrogens with zero attached hydrogens (tertiary/aromatic N) is 1. The van der Waals surface area contributed by atoms with Crippen LogP contribution in [-0.4, -0.2) is 68.5 Å². The van der Waals surface area contributed by atoms with Crippen molar-refractivity contribution in [2.24, 2.45) is 0 Å². The predicted octanol–water partition coefficient (Wildman–Crippen LogP) is 9.72. The average molecular weight is 713 g/mol. The molecule has 0 saturated heterocycles. The number of nitrogens with one attached hydrogen (secondary N) is 1. The van der Waals surface area contributed by atoms with E-state index in [1.54, 1.807) is 6.08 Å². The number of quaternary nitrogens is 1. The number of carbonyl (C=O) groups excluding carboxylic acids is 1. The van der Waals surface area contributed by atoms with Crippen LogP contribution < -0.4 is 10.2 Å². The van der Waals surface area contributed by atoms with Crippen molar-refractivity contribution in [2.45, 2.75) is 174 Å². The van der Waals surface area contributed by atoms with Gasteiger partial charge in [-0.15, -0.1) is 0 Å². The fourth-order valence-electron chi connectivity index (χ4n) is 5.34. The number of hydrogen-bond donors (Lipinski definition) is 2. The fourth-order valence-corrected chi connectivity index (χ4v) is 6.06. The first kappa shape index (κ1) is 47.7. The monoisotopic (exact) mass is 713 g/mol. The molecule has 0 aromatic rings. The van der Waals surface area contributed by atoms with E-state index in [1.165, 1.54) is 103 Å². The molecule has 2 N–H and O–H groups in total. The van der Waals surface area contributed by atoms with E-state index in [9.17, 15) is 19.4 Å². The zero-order valence-electron chi connectivity index (χ0n) is 32.4. The fraction of sp³-hybridized carbons (Fsp3) is 0.825. The minimum Gasteiger partial charge on any atom is -0.756 e. The van der Waals surface area contributed by atoms with Crippen LogP contribution >= 0.6 is 7.82 Å². The van der Waals surface area contributed by atoms with Crippen molar-refractivity contribution in [3.63, 3.8) is 0 Å². The molecule has 288 valence electrons. The molecule has 1 amide bonds. The summed E-state index contributed by atoms with van der Waals surface area (Å²) in [5.41, 5.74) is 0.